The number of carbonyl (C=O) groups is 3. The lowest BCUT2D eigenvalue weighted by molar-refractivity contribution is -0.157. The van der Waals surface area contributed by atoms with E-state index in [1.165, 1.54) is 6.92 Å². The van der Waals surface area contributed by atoms with Gasteiger partial charge in [-0.3, -0.25) is 4.79 Å². The maximum absolute atomic E-state index is 12.5. The van der Waals surface area contributed by atoms with Crippen LogP contribution < -0.4 is 16.4 Å². The average Bonchev–Trinajstić information content (AvgIpc) is 2.65. The first-order valence-corrected chi connectivity index (χ1v) is 9.88. The van der Waals surface area contributed by atoms with Gasteiger partial charge in [0.15, 0.2) is 6.10 Å². The van der Waals surface area contributed by atoms with Gasteiger partial charge in [-0.25, -0.2) is 9.59 Å². The van der Waals surface area contributed by atoms with Crippen molar-refractivity contribution in [1.29, 1.82) is 0 Å². The van der Waals surface area contributed by atoms with Gasteiger partial charge in [-0.15, -0.1) is 0 Å². The SMILES string of the molecule is C[C@H]1[C@@H](NC(=O)[C@@H](C)OC(=O)[C@H](Cc2ccccc2)NC(N)=O)CCC[C@@H]1C. The highest BCUT2D eigenvalue weighted by Gasteiger charge is 2.31. The second kappa shape index (κ2) is 10.1. The third-order valence-corrected chi connectivity index (χ3v) is 5.58. The van der Waals surface area contributed by atoms with E-state index in [4.69, 9.17) is 10.5 Å². The molecule has 0 radical (unpaired) electrons. The minimum atomic E-state index is -0.955. The Balaban J connectivity index is 1.95. The average molecular weight is 389 g/mol. The predicted molar refractivity (Wildman–Crippen MR) is 106 cm³/mol. The monoisotopic (exact) mass is 389 g/mol. The fourth-order valence-electron chi connectivity index (χ4n) is 3.61. The van der Waals surface area contributed by atoms with Crippen LogP contribution in [0.4, 0.5) is 4.79 Å². The van der Waals surface area contributed by atoms with Crippen molar-refractivity contribution in [2.24, 2.45) is 17.6 Å². The maximum atomic E-state index is 12.5. The minimum absolute atomic E-state index is 0.0845. The number of nitrogens with one attached hydrogen (secondary N) is 2. The molecular weight excluding hydrogens is 358 g/mol. The van der Waals surface area contributed by atoms with E-state index >= 15 is 0 Å². The lowest BCUT2D eigenvalue weighted by atomic mass is 9.78. The molecule has 4 N–H and O–H groups in total. The first-order chi connectivity index (χ1) is 13.3. The molecule has 2 rings (SSSR count). The molecule has 7 heteroatoms. The topological polar surface area (TPSA) is 111 Å². The van der Waals surface area contributed by atoms with Crippen molar-refractivity contribution in [2.45, 2.75) is 64.6 Å². The number of nitrogens with two attached hydrogens (primary N) is 1. The minimum Gasteiger partial charge on any atom is -0.451 e. The predicted octanol–water partition coefficient (Wildman–Crippen LogP) is 2.14. The Morgan fingerprint density at radius 1 is 1.18 bits per heavy atom. The van der Waals surface area contributed by atoms with Crippen LogP contribution in [-0.2, 0) is 20.7 Å². The molecule has 154 valence electrons. The Bertz CT molecular complexity index is 679. The Labute approximate surface area is 166 Å². The van der Waals surface area contributed by atoms with Crippen LogP contribution >= 0.6 is 0 Å². The molecule has 0 aromatic heterocycles. The second-order valence-corrected chi connectivity index (χ2v) is 7.71. The molecule has 0 aliphatic heterocycles. The lowest BCUT2D eigenvalue weighted by Gasteiger charge is -2.35. The Kier molecular flexibility index (Phi) is 7.84. The molecule has 0 heterocycles. The molecule has 1 aliphatic carbocycles. The highest BCUT2D eigenvalue weighted by molar-refractivity contribution is 5.87. The van der Waals surface area contributed by atoms with Crippen LogP contribution in [0.15, 0.2) is 30.3 Å². The van der Waals surface area contributed by atoms with Crippen LogP contribution in [0.5, 0.6) is 0 Å². The van der Waals surface area contributed by atoms with E-state index in [2.05, 4.69) is 24.5 Å². The van der Waals surface area contributed by atoms with Crippen LogP contribution in [0.1, 0.15) is 45.6 Å². The summed E-state index contributed by atoms with van der Waals surface area (Å²) >= 11 is 0. The molecule has 1 saturated carbocycles. The summed E-state index contributed by atoms with van der Waals surface area (Å²) in [5, 5.41) is 5.40. The molecule has 5 atom stereocenters. The van der Waals surface area contributed by atoms with Gasteiger partial charge in [0.25, 0.3) is 5.91 Å². The normalized spacial score (nSPS) is 23.9. The van der Waals surface area contributed by atoms with Crippen molar-refractivity contribution in [1.82, 2.24) is 10.6 Å². The van der Waals surface area contributed by atoms with E-state index in [1.807, 2.05) is 30.3 Å². The number of carbonyl (C=O) groups excluding carboxylic acids is 3. The van der Waals surface area contributed by atoms with Crippen LogP contribution in [0.3, 0.4) is 0 Å². The summed E-state index contributed by atoms with van der Waals surface area (Å²) in [6.07, 6.45) is 2.45. The van der Waals surface area contributed by atoms with Gasteiger partial charge in [-0.1, -0.05) is 57.0 Å². The summed E-state index contributed by atoms with van der Waals surface area (Å²) in [5.74, 6) is -0.0814. The summed E-state index contributed by atoms with van der Waals surface area (Å²) in [7, 11) is 0. The van der Waals surface area contributed by atoms with E-state index in [1.54, 1.807) is 0 Å². The number of benzene rings is 1. The molecule has 28 heavy (non-hydrogen) atoms. The van der Waals surface area contributed by atoms with Crippen molar-refractivity contribution in [3.8, 4) is 0 Å². The third kappa shape index (κ3) is 6.25. The van der Waals surface area contributed by atoms with Gasteiger partial charge >= 0.3 is 12.0 Å². The molecular formula is C21H31N3O4. The summed E-state index contributed by atoms with van der Waals surface area (Å²) < 4.78 is 5.33. The molecule has 0 unspecified atom stereocenters. The van der Waals surface area contributed by atoms with Crippen molar-refractivity contribution < 1.29 is 19.1 Å². The zero-order valence-corrected chi connectivity index (χ0v) is 16.8. The van der Waals surface area contributed by atoms with Gasteiger partial charge in [0, 0.05) is 12.5 Å². The molecule has 0 saturated heterocycles. The number of esters is 1. The van der Waals surface area contributed by atoms with E-state index < -0.39 is 24.1 Å². The molecule has 3 amide bonds. The molecule has 0 spiro atoms. The van der Waals surface area contributed by atoms with Gasteiger partial charge < -0.3 is 21.1 Å². The first kappa shape index (κ1) is 21.7. The van der Waals surface area contributed by atoms with Crippen LogP contribution in [0, 0.1) is 11.8 Å². The summed E-state index contributed by atoms with van der Waals surface area (Å²) in [6, 6.07) is 7.52. The number of ether oxygens (including phenoxy) is 1. The van der Waals surface area contributed by atoms with Crippen LogP contribution in [0.25, 0.3) is 0 Å². The highest BCUT2D eigenvalue weighted by Crippen LogP contribution is 2.29. The number of hydrogen-bond acceptors (Lipinski definition) is 4. The van der Waals surface area contributed by atoms with Gasteiger partial charge in [-0.2, -0.15) is 0 Å². The zero-order valence-electron chi connectivity index (χ0n) is 16.8. The van der Waals surface area contributed by atoms with E-state index in [9.17, 15) is 14.4 Å². The van der Waals surface area contributed by atoms with E-state index in [-0.39, 0.29) is 18.4 Å². The number of amides is 3. The molecule has 1 fully saturated rings. The number of rotatable bonds is 7. The molecule has 1 aliphatic rings. The fraction of sp³-hybridized carbons (Fsp3) is 0.571. The summed E-state index contributed by atoms with van der Waals surface area (Å²) in [5.41, 5.74) is 6.04. The zero-order chi connectivity index (χ0) is 20.7. The Morgan fingerprint density at radius 3 is 2.50 bits per heavy atom. The maximum Gasteiger partial charge on any atom is 0.329 e. The highest BCUT2D eigenvalue weighted by atomic mass is 16.5. The van der Waals surface area contributed by atoms with Crippen molar-refractivity contribution in [3.05, 3.63) is 35.9 Å². The summed E-state index contributed by atoms with van der Waals surface area (Å²) in [6.45, 7) is 5.86. The largest absolute Gasteiger partial charge is 0.451 e. The van der Waals surface area contributed by atoms with Gasteiger partial charge in [0.2, 0.25) is 0 Å². The van der Waals surface area contributed by atoms with Gasteiger partial charge in [0.05, 0.1) is 0 Å². The van der Waals surface area contributed by atoms with Gasteiger partial charge in [-0.05, 0) is 30.7 Å². The van der Waals surface area contributed by atoms with Crippen LogP contribution in [-0.4, -0.2) is 36.1 Å². The third-order valence-electron chi connectivity index (χ3n) is 5.58. The van der Waals surface area contributed by atoms with Crippen molar-refractivity contribution in [3.63, 3.8) is 0 Å². The number of hydrogen-bond donors (Lipinski definition) is 3. The van der Waals surface area contributed by atoms with Crippen LogP contribution in [0.2, 0.25) is 0 Å². The van der Waals surface area contributed by atoms with E-state index in [0.29, 0.717) is 11.8 Å². The fourth-order valence-corrected chi connectivity index (χ4v) is 3.61. The molecule has 0 bridgehead atoms. The molecule has 7 nitrogen and oxygen atoms in total. The molecule has 1 aromatic rings. The van der Waals surface area contributed by atoms with Gasteiger partial charge in [0.1, 0.15) is 6.04 Å². The summed E-state index contributed by atoms with van der Waals surface area (Å²) in [4.78, 5) is 36.3. The number of urea groups is 1. The standard InChI is InChI=1S/C21H31N3O4/c1-13-8-7-11-17(14(13)2)23-19(25)15(3)28-20(26)18(24-21(22)27)12-16-9-5-4-6-10-16/h4-6,9-10,13-15,17-18H,7-8,11-12H2,1-3H3,(H,23,25)(H3,22,24,27)/t13-,14+,15+,17-,18-/m0/s1. The number of primary amides is 1. The Morgan fingerprint density at radius 2 is 1.86 bits per heavy atom. The smallest absolute Gasteiger partial charge is 0.329 e. The van der Waals surface area contributed by atoms with Crippen molar-refractivity contribution in [2.75, 3.05) is 0 Å². The second-order valence-electron chi connectivity index (χ2n) is 7.71. The molecule has 1 aromatic carbocycles. The van der Waals surface area contributed by atoms with E-state index in [0.717, 1.165) is 24.8 Å². The first-order valence-electron chi connectivity index (χ1n) is 9.88. The quantitative estimate of drug-likeness (QED) is 0.621. The Hall–Kier alpha value is -2.57. The lowest BCUT2D eigenvalue weighted by Crippen LogP contribution is -2.50. The van der Waals surface area contributed by atoms with Crippen molar-refractivity contribution >= 4 is 17.9 Å².